The van der Waals surface area contributed by atoms with Crippen molar-refractivity contribution < 1.29 is 17.9 Å². The molecule has 1 saturated heterocycles. The van der Waals surface area contributed by atoms with Crippen molar-refractivity contribution in [2.24, 2.45) is 11.8 Å². The van der Waals surface area contributed by atoms with E-state index in [2.05, 4.69) is 22.3 Å². The van der Waals surface area contributed by atoms with E-state index in [1.807, 2.05) is 24.3 Å². The number of carbonyl (C=O) groups is 1. The predicted molar refractivity (Wildman–Crippen MR) is 146 cm³/mol. The molecule has 7 nitrogen and oxygen atoms in total. The van der Waals surface area contributed by atoms with Crippen LogP contribution in [0.4, 0.5) is 0 Å². The normalized spacial score (nSPS) is 21.9. The van der Waals surface area contributed by atoms with E-state index in [1.54, 1.807) is 31.3 Å². The van der Waals surface area contributed by atoms with Crippen LogP contribution >= 0.6 is 0 Å². The zero-order valence-corrected chi connectivity index (χ0v) is 22.9. The molecule has 4 rings (SSSR count). The standard InChI is InChI=1S/C29H41N3O4S/c1-31(37(34,35)27-14-7-4-8-15-27)22-26(24-12-5-3-6-13-24)17-19-32-18-16-25(29(33)36-2)20-28(32)30-21-23-10-9-11-23/h3-8,12-15,23,25-26,28,30H,9-11,16-22H2,1-2H3. The summed E-state index contributed by atoms with van der Waals surface area (Å²) in [5.74, 6) is 0.585. The van der Waals surface area contributed by atoms with Gasteiger partial charge in [0.05, 0.1) is 24.1 Å². The van der Waals surface area contributed by atoms with E-state index in [0.717, 1.165) is 50.4 Å². The molecule has 1 N–H and O–H groups in total. The fraction of sp³-hybridized carbons (Fsp3) is 0.552. The number of hydrogen-bond donors (Lipinski definition) is 1. The Balaban J connectivity index is 1.45. The molecule has 0 spiro atoms. The molecule has 8 heteroatoms. The van der Waals surface area contributed by atoms with E-state index in [-0.39, 0.29) is 24.0 Å². The zero-order valence-electron chi connectivity index (χ0n) is 22.1. The third-order valence-corrected chi connectivity index (χ3v) is 9.92. The Kier molecular flexibility index (Phi) is 9.76. The van der Waals surface area contributed by atoms with Crippen molar-refractivity contribution in [3.63, 3.8) is 0 Å². The number of sulfonamides is 1. The highest BCUT2D eigenvalue weighted by atomic mass is 32.2. The minimum Gasteiger partial charge on any atom is -0.469 e. The molecule has 2 aliphatic rings. The van der Waals surface area contributed by atoms with Crippen molar-refractivity contribution in [2.75, 3.05) is 40.3 Å². The van der Waals surface area contributed by atoms with Crippen molar-refractivity contribution in [1.82, 2.24) is 14.5 Å². The molecule has 2 aromatic rings. The van der Waals surface area contributed by atoms with Gasteiger partial charge in [-0.05, 0) is 68.2 Å². The summed E-state index contributed by atoms with van der Waals surface area (Å²) in [6.45, 7) is 3.03. The van der Waals surface area contributed by atoms with Crippen LogP contribution in [0.25, 0.3) is 0 Å². The minimum absolute atomic E-state index is 0.0512. The molecule has 37 heavy (non-hydrogen) atoms. The fourth-order valence-corrected chi connectivity index (χ4v) is 6.70. The average Bonchev–Trinajstić information content (AvgIpc) is 2.90. The maximum Gasteiger partial charge on any atom is 0.308 e. The molecule has 1 saturated carbocycles. The first kappa shape index (κ1) is 27.8. The van der Waals surface area contributed by atoms with Crippen LogP contribution in [-0.4, -0.2) is 70.1 Å². The summed E-state index contributed by atoms with van der Waals surface area (Å²) in [4.78, 5) is 15.0. The van der Waals surface area contributed by atoms with Crippen molar-refractivity contribution in [3.8, 4) is 0 Å². The van der Waals surface area contributed by atoms with Gasteiger partial charge in [0.15, 0.2) is 0 Å². The lowest BCUT2D eigenvalue weighted by Crippen LogP contribution is -2.53. The van der Waals surface area contributed by atoms with Crippen molar-refractivity contribution in [1.29, 1.82) is 0 Å². The Morgan fingerprint density at radius 2 is 1.76 bits per heavy atom. The average molecular weight is 528 g/mol. The van der Waals surface area contributed by atoms with E-state index >= 15 is 0 Å². The lowest BCUT2D eigenvalue weighted by atomic mass is 9.85. The zero-order chi connectivity index (χ0) is 26.3. The van der Waals surface area contributed by atoms with E-state index in [4.69, 9.17) is 4.74 Å². The molecule has 2 fully saturated rings. The summed E-state index contributed by atoms with van der Waals surface area (Å²) in [5, 5.41) is 3.74. The summed E-state index contributed by atoms with van der Waals surface area (Å²) in [5.41, 5.74) is 1.14. The van der Waals surface area contributed by atoms with E-state index in [0.29, 0.717) is 11.4 Å². The first-order chi connectivity index (χ1) is 17.9. The largest absolute Gasteiger partial charge is 0.469 e. The molecular formula is C29H41N3O4S. The van der Waals surface area contributed by atoms with Crippen LogP contribution in [0.15, 0.2) is 65.6 Å². The molecule has 3 unspecified atom stereocenters. The molecule has 0 bridgehead atoms. The Bertz CT molecular complexity index is 1090. The van der Waals surface area contributed by atoms with Gasteiger partial charge in [-0.2, -0.15) is 0 Å². The van der Waals surface area contributed by atoms with Crippen LogP contribution < -0.4 is 5.32 Å². The molecule has 1 aliphatic heterocycles. The van der Waals surface area contributed by atoms with Crippen molar-refractivity contribution in [2.45, 2.75) is 55.5 Å². The first-order valence-electron chi connectivity index (χ1n) is 13.5. The van der Waals surface area contributed by atoms with Gasteiger partial charge in [-0.1, -0.05) is 55.0 Å². The quantitative estimate of drug-likeness (QED) is 0.419. The summed E-state index contributed by atoms with van der Waals surface area (Å²) < 4.78 is 33.0. The molecule has 0 aromatic heterocycles. The van der Waals surface area contributed by atoms with Gasteiger partial charge in [0.2, 0.25) is 10.0 Å². The summed E-state index contributed by atoms with van der Waals surface area (Å²) in [6, 6.07) is 18.8. The first-order valence-corrected chi connectivity index (χ1v) is 14.9. The number of carbonyl (C=O) groups excluding carboxylic acids is 1. The topological polar surface area (TPSA) is 79.0 Å². The number of ether oxygens (including phenoxy) is 1. The van der Waals surface area contributed by atoms with Crippen LogP contribution in [0.2, 0.25) is 0 Å². The van der Waals surface area contributed by atoms with Crippen molar-refractivity contribution in [3.05, 3.63) is 66.2 Å². The van der Waals surface area contributed by atoms with Gasteiger partial charge in [-0.25, -0.2) is 12.7 Å². The van der Waals surface area contributed by atoms with Crippen LogP contribution in [0, 0.1) is 11.8 Å². The highest BCUT2D eigenvalue weighted by Gasteiger charge is 2.34. The van der Waals surface area contributed by atoms with Gasteiger partial charge >= 0.3 is 5.97 Å². The highest BCUT2D eigenvalue weighted by Crippen LogP contribution is 2.29. The SMILES string of the molecule is COC(=O)C1CCN(CCC(CN(C)S(=O)(=O)c2ccccc2)c2ccccc2)C(NCC2CCC2)C1. The third-order valence-electron chi connectivity index (χ3n) is 8.08. The second kappa shape index (κ2) is 13.0. The smallest absolute Gasteiger partial charge is 0.308 e. The van der Waals surface area contributed by atoms with Crippen LogP contribution in [0.3, 0.4) is 0 Å². The monoisotopic (exact) mass is 527 g/mol. The van der Waals surface area contributed by atoms with Crippen LogP contribution in [0.1, 0.15) is 50.0 Å². The molecule has 0 amide bonds. The van der Waals surface area contributed by atoms with E-state index in [9.17, 15) is 13.2 Å². The summed E-state index contributed by atoms with van der Waals surface area (Å²) in [6.07, 6.45) is 6.34. The number of hydrogen-bond acceptors (Lipinski definition) is 6. The molecular weight excluding hydrogens is 486 g/mol. The number of rotatable bonds is 12. The number of likely N-dealkylation sites (tertiary alicyclic amines) is 1. The van der Waals surface area contributed by atoms with Gasteiger partial charge in [0, 0.05) is 26.7 Å². The number of likely N-dealkylation sites (N-methyl/N-ethyl adjacent to an activating group) is 1. The minimum atomic E-state index is -3.57. The second-order valence-corrected chi connectivity index (χ2v) is 12.5. The van der Waals surface area contributed by atoms with Gasteiger partial charge in [0.1, 0.15) is 0 Å². The molecule has 202 valence electrons. The lowest BCUT2D eigenvalue weighted by molar-refractivity contribution is -0.148. The summed E-state index contributed by atoms with van der Waals surface area (Å²) >= 11 is 0. The highest BCUT2D eigenvalue weighted by molar-refractivity contribution is 7.89. The third kappa shape index (κ3) is 7.19. The number of esters is 1. The Morgan fingerprint density at radius 3 is 2.38 bits per heavy atom. The number of piperidine rings is 1. The molecule has 3 atom stereocenters. The Hall–Kier alpha value is -2.26. The Labute approximate surface area is 222 Å². The molecule has 0 radical (unpaired) electrons. The number of benzene rings is 2. The van der Waals surface area contributed by atoms with Crippen molar-refractivity contribution >= 4 is 16.0 Å². The number of nitrogens with one attached hydrogen (secondary N) is 1. The van der Waals surface area contributed by atoms with E-state index in [1.165, 1.54) is 30.7 Å². The Morgan fingerprint density at radius 1 is 1.08 bits per heavy atom. The van der Waals surface area contributed by atoms with Gasteiger partial charge in [-0.15, -0.1) is 0 Å². The maximum absolute atomic E-state index is 13.2. The maximum atomic E-state index is 13.2. The number of methoxy groups -OCH3 is 1. The molecule has 1 aliphatic carbocycles. The summed E-state index contributed by atoms with van der Waals surface area (Å²) in [7, 11) is -0.436. The van der Waals surface area contributed by atoms with Crippen LogP contribution in [0.5, 0.6) is 0 Å². The lowest BCUT2D eigenvalue weighted by Gasteiger charge is -2.41. The molecule has 2 aromatic carbocycles. The van der Waals surface area contributed by atoms with Gasteiger partial charge in [0.25, 0.3) is 0 Å². The van der Waals surface area contributed by atoms with Gasteiger partial charge < -0.3 is 10.1 Å². The van der Waals surface area contributed by atoms with E-state index < -0.39 is 10.0 Å². The second-order valence-electron chi connectivity index (χ2n) is 10.5. The fourth-order valence-electron chi connectivity index (χ4n) is 5.47. The predicted octanol–water partition coefficient (Wildman–Crippen LogP) is 4.08. The number of nitrogens with zero attached hydrogens (tertiary/aromatic N) is 2. The van der Waals surface area contributed by atoms with Gasteiger partial charge in [-0.3, -0.25) is 9.69 Å². The van der Waals surface area contributed by atoms with Crippen LogP contribution in [-0.2, 0) is 19.6 Å². The molecule has 1 heterocycles.